The number of pyridine rings is 1. The number of aromatic nitrogens is 2. The highest BCUT2D eigenvalue weighted by Gasteiger charge is 2.11. The van der Waals surface area contributed by atoms with Gasteiger partial charge in [0.25, 0.3) is 5.56 Å². The van der Waals surface area contributed by atoms with Gasteiger partial charge in [0.2, 0.25) is 10.0 Å². The molecule has 23 heavy (non-hydrogen) atoms. The van der Waals surface area contributed by atoms with Gasteiger partial charge in [0.1, 0.15) is 5.52 Å². The lowest BCUT2D eigenvalue weighted by atomic mass is 10.1. The normalized spacial score (nSPS) is 11.2. The van der Waals surface area contributed by atoms with Crippen molar-refractivity contribution in [2.45, 2.75) is 18.2 Å². The molecule has 0 aliphatic rings. The van der Waals surface area contributed by atoms with Gasteiger partial charge < -0.3 is 15.1 Å². The molecule has 3 rings (SSSR count). The molecule has 0 spiro atoms. The Morgan fingerprint density at radius 1 is 1.26 bits per heavy atom. The number of nitrogens with two attached hydrogens (primary N) is 1. The van der Waals surface area contributed by atoms with Gasteiger partial charge in [0.05, 0.1) is 4.90 Å². The zero-order valence-corrected chi connectivity index (χ0v) is 13.0. The molecular weight excluding hydrogens is 322 g/mol. The molecule has 9 heteroatoms. The Morgan fingerprint density at radius 2 is 1.91 bits per heavy atom. The van der Waals surface area contributed by atoms with Crippen LogP contribution in [0.2, 0.25) is 0 Å². The minimum absolute atomic E-state index is 0.0181. The van der Waals surface area contributed by atoms with Crippen molar-refractivity contribution in [1.29, 1.82) is 0 Å². The van der Waals surface area contributed by atoms with Crippen LogP contribution < -0.4 is 10.7 Å². The number of aliphatic carboxylic acids is 1. The number of hydrogen-bond acceptors (Lipinski definition) is 4. The van der Waals surface area contributed by atoms with E-state index < -0.39 is 16.0 Å². The zero-order chi connectivity index (χ0) is 17.2. The number of benzene rings is 1. The van der Waals surface area contributed by atoms with Gasteiger partial charge in [0.15, 0.2) is 0 Å². The van der Waals surface area contributed by atoms with E-state index in [2.05, 4.69) is 9.97 Å². The van der Waals surface area contributed by atoms with Crippen LogP contribution >= 0.6 is 0 Å². The molecule has 2 aromatic heterocycles. The van der Waals surface area contributed by atoms with Gasteiger partial charge in [-0.3, -0.25) is 9.59 Å². The summed E-state index contributed by atoms with van der Waals surface area (Å²) in [5.41, 5.74) is 0.736. The van der Waals surface area contributed by atoms with Gasteiger partial charge in [-0.15, -0.1) is 0 Å². The summed E-state index contributed by atoms with van der Waals surface area (Å²) in [7, 11) is -3.76. The van der Waals surface area contributed by atoms with Crippen LogP contribution in [-0.4, -0.2) is 29.5 Å². The molecular formula is C14H15N3O5S. The molecule has 0 saturated carbocycles. The predicted octanol–water partition coefficient (Wildman–Crippen LogP) is 1.14. The minimum atomic E-state index is -3.76. The van der Waals surface area contributed by atoms with E-state index in [0.717, 1.165) is 0 Å². The quantitative estimate of drug-likeness (QED) is 0.554. The third-order valence-electron chi connectivity index (χ3n) is 3.13. The van der Waals surface area contributed by atoms with Gasteiger partial charge in [-0.1, -0.05) is 6.92 Å². The fourth-order valence-corrected chi connectivity index (χ4v) is 2.54. The Hall–Kier alpha value is -2.65. The summed E-state index contributed by atoms with van der Waals surface area (Å²) >= 11 is 0. The van der Waals surface area contributed by atoms with Crippen LogP contribution in [0.25, 0.3) is 21.8 Å². The molecule has 5 N–H and O–H groups in total. The number of fused-ring (bicyclic) bond motifs is 3. The maximum absolute atomic E-state index is 11.7. The Bertz CT molecular complexity index is 1030. The first kappa shape index (κ1) is 16.7. The Morgan fingerprint density at radius 3 is 2.48 bits per heavy atom. The summed E-state index contributed by atoms with van der Waals surface area (Å²) in [6.07, 6.45) is 1.85. The van der Waals surface area contributed by atoms with Crippen molar-refractivity contribution in [3.8, 4) is 0 Å². The predicted molar refractivity (Wildman–Crippen MR) is 85.7 cm³/mol. The summed E-state index contributed by atoms with van der Waals surface area (Å²) in [5.74, 6) is -0.745. The average molecular weight is 337 g/mol. The first-order chi connectivity index (χ1) is 10.7. The van der Waals surface area contributed by atoms with Gasteiger partial charge >= 0.3 is 5.97 Å². The van der Waals surface area contributed by atoms with Crippen LogP contribution in [0.1, 0.15) is 13.3 Å². The van der Waals surface area contributed by atoms with Gasteiger partial charge in [0, 0.05) is 28.9 Å². The highest BCUT2D eigenvalue weighted by molar-refractivity contribution is 7.89. The fraction of sp³-hybridized carbons (Fsp3) is 0.143. The topological polar surface area (TPSA) is 146 Å². The van der Waals surface area contributed by atoms with Crippen molar-refractivity contribution >= 4 is 37.8 Å². The van der Waals surface area contributed by atoms with Crippen molar-refractivity contribution in [1.82, 2.24) is 9.97 Å². The van der Waals surface area contributed by atoms with E-state index in [0.29, 0.717) is 21.8 Å². The average Bonchev–Trinajstić information content (AvgIpc) is 2.97. The lowest BCUT2D eigenvalue weighted by molar-refractivity contribution is -0.136. The smallest absolute Gasteiger partial charge is 0.303 e. The largest absolute Gasteiger partial charge is 0.481 e. The molecule has 0 amide bonds. The van der Waals surface area contributed by atoms with Crippen LogP contribution in [0, 0.1) is 0 Å². The van der Waals surface area contributed by atoms with E-state index in [4.69, 9.17) is 10.2 Å². The highest BCUT2D eigenvalue weighted by atomic mass is 32.2. The Labute approximate surface area is 131 Å². The molecule has 0 unspecified atom stereocenters. The fourth-order valence-electron chi connectivity index (χ4n) is 2.00. The van der Waals surface area contributed by atoms with Gasteiger partial charge in [-0.05, 0) is 24.3 Å². The standard InChI is InChI=1S/C11H9N3O3S.C3H6O2/c12-18(16,17)6-1-2-9-8(5-6)7-3-4-13-10(7)11(15)14-9;1-2-3(4)5/h1-5,13H,(H,14,15)(H2,12,16,17);2H2,1H3,(H,4,5). The van der Waals surface area contributed by atoms with Gasteiger partial charge in [-0.2, -0.15) is 0 Å². The van der Waals surface area contributed by atoms with Crippen molar-refractivity contribution in [2.24, 2.45) is 5.14 Å². The molecule has 0 atom stereocenters. The number of hydrogen-bond donors (Lipinski definition) is 4. The van der Waals surface area contributed by atoms with E-state index in [1.165, 1.54) is 18.2 Å². The summed E-state index contributed by atoms with van der Waals surface area (Å²) < 4.78 is 22.6. The molecule has 1 aromatic carbocycles. The minimum Gasteiger partial charge on any atom is -0.481 e. The number of sulfonamides is 1. The number of rotatable bonds is 2. The third kappa shape index (κ3) is 3.58. The number of nitrogens with one attached hydrogen (secondary N) is 2. The van der Waals surface area contributed by atoms with Crippen molar-refractivity contribution < 1.29 is 18.3 Å². The van der Waals surface area contributed by atoms with Crippen LogP contribution in [0.3, 0.4) is 0 Å². The maximum Gasteiger partial charge on any atom is 0.303 e. The van der Waals surface area contributed by atoms with E-state index in [1.807, 2.05) is 0 Å². The third-order valence-corrected chi connectivity index (χ3v) is 4.05. The molecule has 0 aliphatic heterocycles. The Kier molecular flexibility index (Phi) is 4.52. The van der Waals surface area contributed by atoms with E-state index >= 15 is 0 Å². The molecule has 8 nitrogen and oxygen atoms in total. The molecule has 0 aliphatic carbocycles. The summed E-state index contributed by atoms with van der Waals surface area (Å²) in [6.45, 7) is 1.60. The van der Waals surface area contributed by atoms with Crippen LogP contribution in [-0.2, 0) is 14.8 Å². The molecule has 0 radical (unpaired) electrons. The lowest BCUT2D eigenvalue weighted by Crippen LogP contribution is -2.12. The monoisotopic (exact) mass is 337 g/mol. The summed E-state index contributed by atoms with van der Waals surface area (Å²) in [6, 6.07) is 6.08. The number of carbonyl (C=O) groups is 1. The van der Waals surface area contributed by atoms with E-state index in [-0.39, 0.29) is 16.9 Å². The first-order valence-corrected chi connectivity index (χ1v) is 8.16. The van der Waals surface area contributed by atoms with Crippen LogP contribution in [0.5, 0.6) is 0 Å². The Balaban J connectivity index is 0.000000338. The molecule has 122 valence electrons. The molecule has 3 aromatic rings. The second-order valence-corrected chi connectivity index (χ2v) is 6.28. The van der Waals surface area contributed by atoms with Crippen molar-refractivity contribution in [3.63, 3.8) is 0 Å². The zero-order valence-electron chi connectivity index (χ0n) is 12.2. The SMILES string of the molecule is CCC(=O)O.NS(=O)(=O)c1ccc2[nH]c(=O)c3[nH]ccc3c2c1. The van der Waals surface area contributed by atoms with E-state index in [1.54, 1.807) is 19.2 Å². The molecule has 0 saturated heterocycles. The molecule has 0 fully saturated rings. The van der Waals surface area contributed by atoms with Crippen LogP contribution in [0.4, 0.5) is 0 Å². The summed E-state index contributed by atoms with van der Waals surface area (Å²) in [4.78, 5) is 26.6. The lowest BCUT2D eigenvalue weighted by Gasteiger charge is -2.03. The maximum atomic E-state index is 11.7. The second-order valence-electron chi connectivity index (χ2n) is 4.72. The number of aromatic amines is 2. The van der Waals surface area contributed by atoms with Crippen LogP contribution in [0.15, 0.2) is 40.2 Å². The summed E-state index contributed by atoms with van der Waals surface area (Å²) in [5, 5.41) is 14.1. The number of carboxylic acids is 1. The van der Waals surface area contributed by atoms with Crippen molar-refractivity contribution in [3.05, 3.63) is 40.8 Å². The number of primary sulfonamides is 1. The van der Waals surface area contributed by atoms with Crippen molar-refractivity contribution in [2.75, 3.05) is 0 Å². The molecule has 0 bridgehead atoms. The number of carboxylic acid groups (broad SMARTS) is 1. The second kappa shape index (κ2) is 6.23. The number of H-pyrrole nitrogens is 2. The molecule has 2 heterocycles. The van der Waals surface area contributed by atoms with E-state index in [9.17, 15) is 18.0 Å². The highest BCUT2D eigenvalue weighted by Crippen LogP contribution is 2.22. The van der Waals surface area contributed by atoms with Gasteiger partial charge in [-0.25, -0.2) is 13.6 Å². The first-order valence-electron chi connectivity index (χ1n) is 6.61.